The zero-order valence-electron chi connectivity index (χ0n) is 14.1. The van der Waals surface area contributed by atoms with Gasteiger partial charge in [0.25, 0.3) is 0 Å². The Bertz CT molecular complexity index is 939. The van der Waals surface area contributed by atoms with E-state index in [0.717, 1.165) is 23.0 Å². The quantitative estimate of drug-likeness (QED) is 0.376. The number of ether oxygens (including phenoxy) is 1. The molecule has 0 N–H and O–H groups in total. The van der Waals surface area contributed by atoms with Gasteiger partial charge in [0.1, 0.15) is 5.75 Å². The van der Waals surface area contributed by atoms with Crippen molar-refractivity contribution < 1.29 is 4.74 Å². The third-order valence-electron chi connectivity index (χ3n) is 3.76. The maximum atomic E-state index is 6.37. The van der Waals surface area contributed by atoms with Gasteiger partial charge in [-0.15, -0.1) is 0 Å². The molecule has 0 fully saturated rings. The molecule has 0 radical (unpaired) electrons. The summed E-state index contributed by atoms with van der Waals surface area (Å²) in [5.74, 6) is 0.665. The predicted molar refractivity (Wildman–Crippen MR) is 107 cm³/mol. The fraction of sp³-hybridized carbons (Fsp3) is 0.222. The fourth-order valence-electron chi connectivity index (χ4n) is 2.20. The topological polar surface area (TPSA) is 37.7 Å². The van der Waals surface area contributed by atoms with Crippen molar-refractivity contribution in [2.24, 2.45) is 4.99 Å². The van der Waals surface area contributed by atoms with Crippen molar-refractivity contribution in [3.8, 4) is 10.8 Å². The van der Waals surface area contributed by atoms with E-state index in [2.05, 4.69) is 16.3 Å². The van der Waals surface area contributed by atoms with Gasteiger partial charge < -0.3 is 9.64 Å². The second-order valence-corrected chi connectivity index (χ2v) is 7.14. The minimum absolute atomic E-state index is 0.529. The predicted octanol–water partition coefficient (Wildman–Crippen LogP) is 6.32. The highest BCUT2D eigenvalue weighted by atomic mass is 35.5. The minimum Gasteiger partial charge on any atom is -0.444 e. The highest BCUT2D eigenvalue weighted by molar-refractivity contribution is 7.09. The lowest BCUT2D eigenvalue weighted by Gasteiger charge is -2.11. The van der Waals surface area contributed by atoms with Gasteiger partial charge in [-0.05, 0) is 37.6 Å². The number of aryl methyl sites for hydroxylation is 1. The summed E-state index contributed by atoms with van der Waals surface area (Å²) in [6.45, 7) is 4.89. The smallest absolute Gasteiger partial charge is 0.209 e. The Kier molecular flexibility index (Phi) is 5.47. The van der Waals surface area contributed by atoms with Crippen LogP contribution in [0.3, 0.4) is 0 Å². The first-order valence-electron chi connectivity index (χ1n) is 7.76. The Morgan fingerprint density at radius 2 is 2.08 bits per heavy atom. The van der Waals surface area contributed by atoms with Gasteiger partial charge >= 0.3 is 0 Å². The monoisotopic (exact) mass is 393 g/mol. The molecule has 1 heterocycles. The number of rotatable bonds is 5. The normalized spacial score (nSPS) is 11.4. The summed E-state index contributed by atoms with van der Waals surface area (Å²) in [5.41, 5.74) is 2.46. The van der Waals surface area contributed by atoms with E-state index in [1.807, 2.05) is 43.1 Å². The lowest BCUT2D eigenvalue weighted by Crippen LogP contribution is -2.14. The first-order chi connectivity index (χ1) is 12.0. The number of aromatic nitrogens is 1. The van der Waals surface area contributed by atoms with Crippen molar-refractivity contribution in [2.45, 2.75) is 13.8 Å². The molecule has 0 saturated heterocycles. The van der Waals surface area contributed by atoms with Crippen molar-refractivity contribution in [3.05, 3.63) is 45.9 Å². The van der Waals surface area contributed by atoms with Gasteiger partial charge in [-0.1, -0.05) is 29.3 Å². The van der Waals surface area contributed by atoms with E-state index >= 15 is 0 Å². The van der Waals surface area contributed by atoms with E-state index in [1.54, 1.807) is 12.4 Å². The summed E-state index contributed by atoms with van der Waals surface area (Å²) in [5, 5.41) is 2.62. The second kappa shape index (κ2) is 7.60. The SMILES string of the molecule is CCN(C)C=Nc1cc(C)c(Oc2snc3cccc(Cl)c23)cc1Cl. The number of aliphatic imine (C=N–C) groups is 1. The summed E-state index contributed by atoms with van der Waals surface area (Å²) in [7, 11) is 1.96. The molecule has 0 aliphatic heterocycles. The molecule has 4 nitrogen and oxygen atoms in total. The summed E-state index contributed by atoms with van der Waals surface area (Å²) in [6, 6.07) is 9.29. The van der Waals surface area contributed by atoms with Gasteiger partial charge in [0.15, 0.2) is 0 Å². The third kappa shape index (κ3) is 3.89. The van der Waals surface area contributed by atoms with Crippen LogP contribution in [0.4, 0.5) is 5.69 Å². The van der Waals surface area contributed by atoms with Crippen LogP contribution in [-0.4, -0.2) is 29.2 Å². The van der Waals surface area contributed by atoms with Crippen LogP contribution in [0.25, 0.3) is 10.9 Å². The highest BCUT2D eigenvalue weighted by Crippen LogP contribution is 2.41. The number of benzene rings is 2. The van der Waals surface area contributed by atoms with Crippen molar-refractivity contribution in [3.63, 3.8) is 0 Å². The molecular weight excluding hydrogens is 377 g/mol. The van der Waals surface area contributed by atoms with E-state index in [0.29, 0.717) is 26.5 Å². The van der Waals surface area contributed by atoms with E-state index in [-0.39, 0.29) is 0 Å². The molecule has 0 saturated carbocycles. The van der Waals surface area contributed by atoms with Gasteiger partial charge in [-0.3, -0.25) is 0 Å². The van der Waals surface area contributed by atoms with E-state index < -0.39 is 0 Å². The van der Waals surface area contributed by atoms with Gasteiger partial charge in [0, 0.05) is 31.2 Å². The highest BCUT2D eigenvalue weighted by Gasteiger charge is 2.14. The third-order valence-corrected chi connectivity index (χ3v) is 5.12. The molecule has 0 atom stereocenters. The average Bonchev–Trinajstić information content (AvgIpc) is 3.00. The van der Waals surface area contributed by atoms with Crippen LogP contribution in [0.5, 0.6) is 10.8 Å². The number of hydrogen-bond donors (Lipinski definition) is 0. The molecule has 130 valence electrons. The van der Waals surface area contributed by atoms with Crippen LogP contribution in [0.2, 0.25) is 10.0 Å². The Hall–Kier alpha value is -1.82. The van der Waals surface area contributed by atoms with Crippen molar-refractivity contribution in [1.82, 2.24) is 9.27 Å². The number of fused-ring (bicyclic) bond motifs is 1. The lowest BCUT2D eigenvalue weighted by molar-refractivity contribution is 0.497. The van der Waals surface area contributed by atoms with Crippen molar-refractivity contribution in [1.29, 1.82) is 0 Å². The Morgan fingerprint density at radius 3 is 2.84 bits per heavy atom. The van der Waals surface area contributed by atoms with Gasteiger partial charge in [-0.2, -0.15) is 4.37 Å². The van der Waals surface area contributed by atoms with E-state index in [4.69, 9.17) is 27.9 Å². The summed E-state index contributed by atoms with van der Waals surface area (Å²) in [4.78, 5) is 6.40. The Balaban J connectivity index is 1.93. The largest absolute Gasteiger partial charge is 0.444 e. The van der Waals surface area contributed by atoms with E-state index in [9.17, 15) is 0 Å². The molecule has 0 aliphatic rings. The van der Waals surface area contributed by atoms with Crippen LogP contribution in [-0.2, 0) is 0 Å². The minimum atomic E-state index is 0.529. The molecular formula is C18H17Cl2N3OS. The van der Waals surface area contributed by atoms with Crippen molar-refractivity contribution >= 4 is 57.7 Å². The Morgan fingerprint density at radius 1 is 1.28 bits per heavy atom. The van der Waals surface area contributed by atoms with Crippen LogP contribution in [0, 0.1) is 6.92 Å². The van der Waals surface area contributed by atoms with Gasteiger partial charge in [0.05, 0.1) is 33.0 Å². The molecule has 7 heteroatoms. The summed E-state index contributed by atoms with van der Waals surface area (Å²) in [6.07, 6.45) is 1.76. The van der Waals surface area contributed by atoms with Crippen molar-refractivity contribution in [2.75, 3.05) is 13.6 Å². The number of nitrogens with zero attached hydrogens (tertiary/aromatic N) is 3. The zero-order chi connectivity index (χ0) is 18.0. The lowest BCUT2D eigenvalue weighted by atomic mass is 10.2. The molecule has 25 heavy (non-hydrogen) atoms. The van der Waals surface area contributed by atoms with Crippen LogP contribution in [0.1, 0.15) is 12.5 Å². The summed E-state index contributed by atoms with van der Waals surface area (Å²) < 4.78 is 10.4. The molecule has 1 aromatic heterocycles. The molecule has 0 aliphatic carbocycles. The molecule has 2 aromatic carbocycles. The van der Waals surface area contributed by atoms with Crippen LogP contribution < -0.4 is 4.74 Å². The molecule has 0 bridgehead atoms. The van der Waals surface area contributed by atoms with Crippen LogP contribution in [0.15, 0.2) is 35.3 Å². The maximum absolute atomic E-state index is 6.37. The van der Waals surface area contributed by atoms with Gasteiger partial charge in [-0.25, -0.2) is 4.99 Å². The van der Waals surface area contributed by atoms with E-state index in [1.165, 1.54) is 11.5 Å². The number of hydrogen-bond acceptors (Lipinski definition) is 4. The standard InChI is InChI=1S/C18H17Cl2N3OS/c1-4-23(3)10-21-15-8-11(2)16(9-13(15)20)24-18-17-12(19)6-5-7-14(17)22-25-18/h5-10H,4H2,1-3H3. The first-order valence-corrected chi connectivity index (χ1v) is 9.29. The Labute approximate surface area is 160 Å². The maximum Gasteiger partial charge on any atom is 0.209 e. The molecule has 0 amide bonds. The second-order valence-electron chi connectivity index (χ2n) is 5.59. The average molecular weight is 394 g/mol. The molecule has 3 rings (SSSR count). The molecule has 0 unspecified atom stereocenters. The molecule has 3 aromatic rings. The molecule has 0 spiro atoms. The number of halogens is 2. The fourth-order valence-corrected chi connectivity index (χ4v) is 3.48. The zero-order valence-corrected chi connectivity index (χ0v) is 16.4. The van der Waals surface area contributed by atoms with Crippen LogP contribution >= 0.6 is 34.7 Å². The first kappa shape index (κ1) is 18.0. The summed E-state index contributed by atoms with van der Waals surface area (Å²) >= 11 is 13.9. The van der Waals surface area contributed by atoms with Gasteiger partial charge in [0.2, 0.25) is 5.06 Å².